The van der Waals surface area contributed by atoms with E-state index >= 15 is 0 Å². The molecule has 4 heteroatoms. The Bertz CT molecular complexity index is 156. The van der Waals surface area contributed by atoms with E-state index in [2.05, 4.69) is 6.58 Å². The molecule has 0 atom stereocenters. The second-order valence-electron chi connectivity index (χ2n) is 2.25. The van der Waals surface area contributed by atoms with Crippen LogP contribution in [0.1, 0.15) is 6.92 Å². The van der Waals surface area contributed by atoms with E-state index in [9.17, 15) is 4.79 Å². The van der Waals surface area contributed by atoms with Crippen LogP contribution < -0.4 is 0 Å². The molecular weight excluding hydrogens is 176 g/mol. The highest BCUT2D eigenvalue weighted by molar-refractivity contribution is 7.99. The fourth-order valence-electron chi connectivity index (χ4n) is 0.483. The van der Waals surface area contributed by atoms with Crippen LogP contribution in [0.5, 0.6) is 0 Å². The van der Waals surface area contributed by atoms with E-state index in [-0.39, 0.29) is 12.6 Å². The Kier molecular flexibility index (Phi) is 6.90. The lowest BCUT2D eigenvalue weighted by atomic mass is 10.4. The molecular formula is C8H14O3S. The minimum Gasteiger partial charge on any atom is -0.461 e. The lowest BCUT2D eigenvalue weighted by Gasteiger charge is -2.02. The Morgan fingerprint density at radius 1 is 1.58 bits per heavy atom. The largest absolute Gasteiger partial charge is 0.461 e. The molecule has 0 aliphatic rings. The third kappa shape index (κ3) is 6.24. The van der Waals surface area contributed by atoms with Gasteiger partial charge in [0, 0.05) is 17.1 Å². The Morgan fingerprint density at radius 2 is 2.25 bits per heavy atom. The van der Waals surface area contributed by atoms with Gasteiger partial charge in [-0.15, -0.1) is 0 Å². The van der Waals surface area contributed by atoms with Crippen LogP contribution in [0.3, 0.4) is 0 Å². The van der Waals surface area contributed by atoms with Gasteiger partial charge in [0.25, 0.3) is 0 Å². The van der Waals surface area contributed by atoms with Crippen LogP contribution in [0.4, 0.5) is 0 Å². The van der Waals surface area contributed by atoms with Gasteiger partial charge in [0.05, 0.1) is 6.61 Å². The second-order valence-corrected chi connectivity index (χ2v) is 3.48. The van der Waals surface area contributed by atoms with Crippen LogP contribution in [0.15, 0.2) is 12.2 Å². The number of aliphatic hydroxyl groups is 1. The highest BCUT2D eigenvalue weighted by atomic mass is 32.2. The van der Waals surface area contributed by atoms with Gasteiger partial charge in [0.1, 0.15) is 6.61 Å². The number of aliphatic hydroxyl groups excluding tert-OH is 1. The summed E-state index contributed by atoms with van der Waals surface area (Å²) in [4.78, 5) is 10.8. The smallest absolute Gasteiger partial charge is 0.333 e. The Labute approximate surface area is 76.8 Å². The van der Waals surface area contributed by atoms with Crippen molar-refractivity contribution in [3.05, 3.63) is 12.2 Å². The fraction of sp³-hybridized carbons (Fsp3) is 0.625. The van der Waals surface area contributed by atoms with Crippen molar-refractivity contribution in [3.8, 4) is 0 Å². The zero-order valence-corrected chi connectivity index (χ0v) is 8.02. The third-order valence-electron chi connectivity index (χ3n) is 1.04. The van der Waals surface area contributed by atoms with Gasteiger partial charge >= 0.3 is 5.97 Å². The second kappa shape index (κ2) is 7.18. The highest BCUT2D eigenvalue weighted by Gasteiger charge is 2.01. The topological polar surface area (TPSA) is 46.5 Å². The summed E-state index contributed by atoms with van der Waals surface area (Å²) in [5.74, 6) is 1.06. The molecule has 0 aliphatic carbocycles. The first-order valence-electron chi connectivity index (χ1n) is 3.69. The molecule has 0 bridgehead atoms. The van der Waals surface area contributed by atoms with Crippen LogP contribution >= 0.6 is 11.8 Å². The summed E-state index contributed by atoms with van der Waals surface area (Å²) in [5, 5.41) is 8.42. The van der Waals surface area contributed by atoms with Crippen LogP contribution in [-0.4, -0.2) is 35.8 Å². The van der Waals surface area contributed by atoms with Gasteiger partial charge in [-0.25, -0.2) is 4.79 Å². The molecule has 0 aromatic heterocycles. The minimum atomic E-state index is -0.348. The summed E-state index contributed by atoms with van der Waals surface area (Å²) in [6, 6.07) is 0. The molecule has 0 aromatic carbocycles. The van der Waals surface area contributed by atoms with E-state index in [1.165, 1.54) is 0 Å². The zero-order valence-electron chi connectivity index (χ0n) is 7.21. The summed E-state index contributed by atoms with van der Waals surface area (Å²) in [6.45, 7) is 5.61. The van der Waals surface area contributed by atoms with Crippen LogP contribution in [-0.2, 0) is 9.53 Å². The summed E-state index contributed by atoms with van der Waals surface area (Å²) >= 11 is 1.55. The number of carbonyl (C=O) groups excluding carboxylic acids is 1. The molecule has 0 radical (unpaired) electrons. The van der Waals surface area contributed by atoms with E-state index in [1.54, 1.807) is 18.7 Å². The Hall–Kier alpha value is -0.480. The number of ether oxygens (including phenoxy) is 1. The average molecular weight is 190 g/mol. The quantitative estimate of drug-likeness (QED) is 0.383. The molecule has 0 aliphatic heterocycles. The molecule has 0 spiro atoms. The predicted molar refractivity (Wildman–Crippen MR) is 50.2 cm³/mol. The van der Waals surface area contributed by atoms with E-state index in [4.69, 9.17) is 9.84 Å². The van der Waals surface area contributed by atoms with E-state index in [0.29, 0.717) is 17.9 Å². The number of thioether (sulfide) groups is 1. The van der Waals surface area contributed by atoms with Crippen molar-refractivity contribution in [1.82, 2.24) is 0 Å². The van der Waals surface area contributed by atoms with Gasteiger partial charge in [-0.05, 0) is 6.92 Å². The summed E-state index contributed by atoms with van der Waals surface area (Å²) in [7, 11) is 0. The predicted octanol–water partition coefficient (Wildman–Crippen LogP) is 0.831. The maximum atomic E-state index is 10.8. The van der Waals surface area contributed by atoms with Crippen molar-refractivity contribution >= 4 is 17.7 Å². The standard InChI is InChI=1S/C8H14O3S/c1-7(2)8(10)11-4-6-12-5-3-9/h9H,1,3-6H2,2H3. The van der Waals surface area contributed by atoms with Crippen molar-refractivity contribution in [1.29, 1.82) is 0 Å². The minimum absolute atomic E-state index is 0.166. The molecule has 0 fully saturated rings. The normalized spacial score (nSPS) is 9.50. The van der Waals surface area contributed by atoms with Crippen LogP contribution in [0.25, 0.3) is 0 Å². The number of carbonyl (C=O) groups is 1. The third-order valence-corrected chi connectivity index (χ3v) is 1.97. The lowest BCUT2D eigenvalue weighted by Crippen LogP contribution is -2.08. The van der Waals surface area contributed by atoms with Gasteiger partial charge in [-0.3, -0.25) is 0 Å². The molecule has 0 heterocycles. The summed E-state index contributed by atoms with van der Waals surface area (Å²) in [6.07, 6.45) is 0. The highest BCUT2D eigenvalue weighted by Crippen LogP contribution is 1.99. The molecule has 0 saturated carbocycles. The van der Waals surface area contributed by atoms with Crippen LogP contribution in [0, 0.1) is 0 Å². The van der Waals surface area contributed by atoms with E-state index in [1.807, 2.05) is 0 Å². The first kappa shape index (κ1) is 11.5. The van der Waals surface area contributed by atoms with Crippen molar-refractivity contribution in [2.45, 2.75) is 6.92 Å². The van der Waals surface area contributed by atoms with E-state index in [0.717, 1.165) is 5.75 Å². The number of rotatable bonds is 6. The summed E-state index contributed by atoms with van der Waals surface area (Å²) < 4.78 is 4.81. The molecule has 0 unspecified atom stereocenters. The molecule has 0 aromatic rings. The van der Waals surface area contributed by atoms with Gasteiger partial charge < -0.3 is 9.84 Å². The van der Waals surface area contributed by atoms with Crippen molar-refractivity contribution in [2.75, 3.05) is 24.7 Å². The van der Waals surface area contributed by atoms with Crippen molar-refractivity contribution in [3.63, 3.8) is 0 Å². The molecule has 0 amide bonds. The van der Waals surface area contributed by atoms with Crippen molar-refractivity contribution < 1.29 is 14.6 Å². The maximum Gasteiger partial charge on any atom is 0.333 e. The van der Waals surface area contributed by atoms with Gasteiger partial charge in [0.15, 0.2) is 0 Å². The average Bonchev–Trinajstić information content (AvgIpc) is 2.03. The number of esters is 1. The summed E-state index contributed by atoms with van der Waals surface area (Å²) in [5.41, 5.74) is 0.419. The van der Waals surface area contributed by atoms with Gasteiger partial charge in [-0.2, -0.15) is 11.8 Å². The molecule has 0 rings (SSSR count). The number of hydrogen-bond acceptors (Lipinski definition) is 4. The molecule has 70 valence electrons. The van der Waals surface area contributed by atoms with Crippen LogP contribution in [0.2, 0.25) is 0 Å². The Balaban J connectivity index is 3.20. The van der Waals surface area contributed by atoms with Gasteiger partial charge in [-0.1, -0.05) is 6.58 Å². The maximum absolute atomic E-state index is 10.8. The molecule has 12 heavy (non-hydrogen) atoms. The first-order valence-corrected chi connectivity index (χ1v) is 4.85. The van der Waals surface area contributed by atoms with Gasteiger partial charge in [0.2, 0.25) is 0 Å². The monoisotopic (exact) mass is 190 g/mol. The first-order chi connectivity index (χ1) is 5.68. The van der Waals surface area contributed by atoms with E-state index < -0.39 is 0 Å². The zero-order chi connectivity index (χ0) is 9.40. The molecule has 0 saturated heterocycles. The fourth-order valence-corrected chi connectivity index (χ4v) is 1.02. The van der Waals surface area contributed by atoms with Crippen molar-refractivity contribution in [2.24, 2.45) is 0 Å². The molecule has 1 N–H and O–H groups in total. The molecule has 3 nitrogen and oxygen atoms in total. The SMILES string of the molecule is C=C(C)C(=O)OCCSCCO. The Morgan fingerprint density at radius 3 is 2.75 bits per heavy atom. The number of hydrogen-bond donors (Lipinski definition) is 1. The lowest BCUT2D eigenvalue weighted by molar-refractivity contribution is -0.138.